The quantitative estimate of drug-likeness (QED) is 0.167. The van der Waals surface area contributed by atoms with Crippen molar-refractivity contribution in [3.63, 3.8) is 0 Å². The summed E-state index contributed by atoms with van der Waals surface area (Å²) in [5.74, 6) is 0. The fraction of sp³-hybridized carbons (Fsp3) is 0. The maximum absolute atomic E-state index is 5.95. The molecule has 0 atom stereocenters. The number of aromatic nitrogens is 3. The summed E-state index contributed by atoms with van der Waals surface area (Å²) in [5, 5.41) is 13.3. The van der Waals surface area contributed by atoms with Gasteiger partial charge in [-0.15, -0.1) is 0 Å². The molecule has 0 aliphatic rings. The third kappa shape index (κ3) is 4.70. The van der Waals surface area contributed by atoms with Crippen LogP contribution in [0.5, 0.6) is 0 Å². The second-order valence-electron chi connectivity index (χ2n) is 17.5. The van der Waals surface area contributed by atoms with Gasteiger partial charge < -0.3 is 14.2 Å². The third-order valence-corrected chi connectivity index (χ3v) is 14.0. The Morgan fingerprint density at radius 1 is 0.303 bits per heavy atom. The van der Waals surface area contributed by atoms with Crippen LogP contribution in [-0.2, 0) is 0 Å². The van der Waals surface area contributed by atoms with E-state index in [-0.39, 0.29) is 0 Å². The van der Waals surface area contributed by atoms with Crippen LogP contribution in [0.25, 0.3) is 98.0 Å². The van der Waals surface area contributed by atoms with E-state index < -0.39 is 0 Å². The van der Waals surface area contributed by atoms with Crippen LogP contribution in [0.2, 0.25) is 0 Å². The number of hydrogen-bond acceptors (Lipinski definition) is 3. The first-order valence-electron chi connectivity index (χ1n) is 22.6. The molecular formula is C61H37N5. The van der Waals surface area contributed by atoms with Crippen LogP contribution in [0, 0.1) is 0 Å². The van der Waals surface area contributed by atoms with Gasteiger partial charge in [0.1, 0.15) is 5.65 Å². The van der Waals surface area contributed by atoms with E-state index in [2.05, 4.69) is 243 Å². The van der Waals surface area contributed by atoms with Crippen LogP contribution in [0.4, 0.5) is 34.1 Å². The molecule has 0 fully saturated rings. The second kappa shape index (κ2) is 13.3. The van der Waals surface area contributed by atoms with Gasteiger partial charge in [-0.1, -0.05) is 152 Å². The van der Waals surface area contributed by atoms with Crippen molar-refractivity contribution in [3.8, 4) is 0 Å². The lowest BCUT2D eigenvalue weighted by atomic mass is 10.00. The van der Waals surface area contributed by atoms with Gasteiger partial charge in [0.2, 0.25) is 0 Å². The highest BCUT2D eigenvalue weighted by Gasteiger charge is 2.29. The zero-order valence-corrected chi connectivity index (χ0v) is 35.6. The molecule has 15 aromatic rings. The normalized spacial score (nSPS) is 12.2. The van der Waals surface area contributed by atoms with Crippen molar-refractivity contribution >= 4 is 132 Å². The van der Waals surface area contributed by atoms with E-state index in [0.29, 0.717) is 0 Å². The van der Waals surface area contributed by atoms with Crippen LogP contribution in [-0.4, -0.2) is 13.8 Å². The molecule has 0 N–H and O–H groups in total. The first-order chi connectivity index (χ1) is 32.8. The van der Waals surface area contributed by atoms with Crippen LogP contribution < -0.4 is 9.80 Å². The van der Waals surface area contributed by atoms with Crippen molar-refractivity contribution in [2.24, 2.45) is 0 Å². The molecule has 66 heavy (non-hydrogen) atoms. The number of benzene rings is 10. The van der Waals surface area contributed by atoms with Gasteiger partial charge >= 0.3 is 0 Å². The largest absolute Gasteiger partial charge is 0.308 e. The minimum atomic E-state index is 0.958. The van der Waals surface area contributed by atoms with Crippen molar-refractivity contribution in [1.29, 1.82) is 0 Å². The Labute approximate surface area is 378 Å². The van der Waals surface area contributed by atoms with Gasteiger partial charge in [-0.3, -0.25) is 4.40 Å². The van der Waals surface area contributed by atoms with Gasteiger partial charge in [-0.2, -0.15) is 0 Å². The average Bonchev–Trinajstić information content (AvgIpc) is 4.11. The molecule has 0 spiro atoms. The van der Waals surface area contributed by atoms with Crippen molar-refractivity contribution < 1.29 is 0 Å². The predicted octanol–water partition coefficient (Wildman–Crippen LogP) is 16.6. The number of hydrogen-bond donors (Lipinski definition) is 0. The maximum Gasteiger partial charge on any atom is 0.146 e. The molecule has 0 saturated carbocycles. The molecule has 0 aliphatic heterocycles. The van der Waals surface area contributed by atoms with Gasteiger partial charge in [0.05, 0.1) is 44.5 Å². The predicted molar refractivity (Wildman–Crippen MR) is 278 cm³/mol. The van der Waals surface area contributed by atoms with Crippen LogP contribution in [0.15, 0.2) is 224 Å². The molecule has 5 nitrogen and oxygen atoms in total. The summed E-state index contributed by atoms with van der Waals surface area (Å²) in [4.78, 5) is 10.8. The third-order valence-electron chi connectivity index (χ3n) is 14.0. The summed E-state index contributed by atoms with van der Waals surface area (Å²) in [6, 6.07) is 81.6. The summed E-state index contributed by atoms with van der Waals surface area (Å²) < 4.78 is 5.01. The van der Waals surface area contributed by atoms with Gasteiger partial charge in [0.15, 0.2) is 0 Å². The molecule has 306 valence electrons. The smallest absolute Gasteiger partial charge is 0.146 e. The molecule has 10 aromatic carbocycles. The Balaban J connectivity index is 1.13. The Hall–Kier alpha value is -8.93. The lowest BCUT2D eigenvalue weighted by Gasteiger charge is -2.27. The number of rotatable bonds is 6. The van der Waals surface area contributed by atoms with Crippen LogP contribution in [0.1, 0.15) is 0 Å². The van der Waals surface area contributed by atoms with Gasteiger partial charge in [0, 0.05) is 60.5 Å². The Kier molecular flexibility index (Phi) is 7.16. The van der Waals surface area contributed by atoms with E-state index in [1.807, 2.05) is 0 Å². The van der Waals surface area contributed by atoms with E-state index in [4.69, 9.17) is 4.98 Å². The van der Waals surface area contributed by atoms with E-state index in [1.54, 1.807) is 0 Å². The summed E-state index contributed by atoms with van der Waals surface area (Å²) in [6.45, 7) is 0. The van der Waals surface area contributed by atoms with E-state index in [9.17, 15) is 0 Å². The molecule has 0 unspecified atom stereocenters. The summed E-state index contributed by atoms with van der Waals surface area (Å²) in [6.07, 6.45) is 0. The molecule has 5 heteroatoms. The molecule has 0 saturated heterocycles. The fourth-order valence-electron chi connectivity index (χ4n) is 11.4. The molecule has 15 rings (SSSR count). The molecule has 0 aliphatic carbocycles. The number of nitrogens with zero attached hydrogens (tertiary/aromatic N) is 5. The topological polar surface area (TPSA) is 28.2 Å². The highest BCUT2D eigenvalue weighted by molar-refractivity contribution is 6.35. The Morgan fingerprint density at radius 2 is 0.773 bits per heavy atom. The van der Waals surface area contributed by atoms with Crippen LogP contribution >= 0.6 is 0 Å². The second-order valence-corrected chi connectivity index (χ2v) is 17.5. The minimum Gasteiger partial charge on any atom is -0.308 e. The van der Waals surface area contributed by atoms with Crippen molar-refractivity contribution in [1.82, 2.24) is 13.8 Å². The van der Waals surface area contributed by atoms with Crippen molar-refractivity contribution in [3.05, 3.63) is 224 Å². The first kappa shape index (κ1) is 35.5. The minimum absolute atomic E-state index is 0.958. The monoisotopic (exact) mass is 839 g/mol. The molecule has 0 radical (unpaired) electrons. The zero-order valence-electron chi connectivity index (χ0n) is 35.6. The first-order valence-corrected chi connectivity index (χ1v) is 22.6. The average molecular weight is 840 g/mol. The standard InChI is InChI=1S/C61H37N5/c1-5-21-40(22-6-1)63(41-23-7-2-8-24-41)51-34-18-33-48-54-44-29-15-13-19-38(44)35-50-56-52(65(58(48)51)59(50)54)37-49-46-31-17-32-47-55-45-30-16-14-20-39(45)36-53(60(55)66(57(46)47)61(49)62-56)64(42-25-9-3-10-26-42)43-27-11-4-12-28-43/h1-37H. The molecule has 0 bridgehead atoms. The zero-order chi connectivity index (χ0) is 43.0. The number of para-hydroxylation sites is 6. The lowest BCUT2D eigenvalue weighted by molar-refractivity contribution is 1.25. The Bertz CT molecular complexity index is 4310. The fourth-order valence-corrected chi connectivity index (χ4v) is 11.4. The molecule has 5 heterocycles. The number of anilines is 6. The van der Waals surface area contributed by atoms with E-state index in [1.165, 1.54) is 59.5 Å². The number of fused-ring (bicyclic) bond motifs is 16. The summed E-state index contributed by atoms with van der Waals surface area (Å²) in [7, 11) is 0. The molecule has 5 aromatic heterocycles. The summed E-state index contributed by atoms with van der Waals surface area (Å²) in [5.41, 5.74) is 14.4. The van der Waals surface area contributed by atoms with Crippen LogP contribution in [0.3, 0.4) is 0 Å². The Morgan fingerprint density at radius 3 is 1.38 bits per heavy atom. The van der Waals surface area contributed by atoms with E-state index >= 15 is 0 Å². The summed E-state index contributed by atoms with van der Waals surface area (Å²) >= 11 is 0. The molecule has 0 amide bonds. The number of pyridine rings is 1. The van der Waals surface area contributed by atoms with Crippen molar-refractivity contribution in [2.75, 3.05) is 9.80 Å². The van der Waals surface area contributed by atoms with E-state index in [0.717, 1.165) is 72.6 Å². The van der Waals surface area contributed by atoms with Gasteiger partial charge in [-0.25, -0.2) is 4.98 Å². The van der Waals surface area contributed by atoms with Gasteiger partial charge in [0.25, 0.3) is 0 Å². The maximum atomic E-state index is 5.95. The SMILES string of the molecule is c1ccc(N(c2ccccc2)c2cccc3c4c5ccccc5cc5c6nc7c(cc6n(c23)c54)c2cccc3c4c5ccccc5cc(N(c5ccccc5)c5ccccc5)c4n7c23)cc1. The van der Waals surface area contributed by atoms with Gasteiger partial charge in [-0.05, 0) is 94.3 Å². The molecular weight excluding hydrogens is 803 g/mol. The highest BCUT2D eigenvalue weighted by atomic mass is 15.2. The highest BCUT2D eigenvalue weighted by Crippen LogP contribution is 2.51. The lowest BCUT2D eigenvalue weighted by Crippen LogP contribution is -2.11. The van der Waals surface area contributed by atoms with Crippen molar-refractivity contribution in [2.45, 2.75) is 0 Å².